The summed E-state index contributed by atoms with van der Waals surface area (Å²) in [6.45, 7) is 1.94. The Morgan fingerprint density at radius 3 is 2.41 bits per heavy atom. The van der Waals surface area contributed by atoms with Crippen molar-refractivity contribution in [3.05, 3.63) is 35.6 Å². The van der Waals surface area contributed by atoms with E-state index in [0.29, 0.717) is 12.0 Å². The topological polar surface area (TPSA) is 60.2 Å². The second-order valence-electron chi connectivity index (χ2n) is 4.13. The minimum absolute atomic E-state index is 0.0847. The second kappa shape index (κ2) is 6.12. The lowest BCUT2D eigenvalue weighted by atomic mass is 10.1. The molecular weight excluding hydrogens is 241 g/mol. The van der Waals surface area contributed by atoms with Gasteiger partial charge in [0.15, 0.2) is 9.84 Å². The molecule has 0 spiro atoms. The number of unbranched alkanes of at least 4 members (excludes halogenated alkanes) is 1. The molecule has 96 valence electrons. The van der Waals surface area contributed by atoms with E-state index in [1.54, 1.807) is 0 Å². The average Bonchev–Trinajstić information content (AvgIpc) is 2.26. The van der Waals surface area contributed by atoms with Gasteiger partial charge in [0, 0.05) is 6.04 Å². The zero-order chi connectivity index (χ0) is 12.9. The minimum Gasteiger partial charge on any atom is -0.323 e. The smallest absolute Gasteiger partial charge is 0.152 e. The molecule has 0 bridgehead atoms. The highest BCUT2D eigenvalue weighted by Crippen LogP contribution is 2.14. The molecule has 17 heavy (non-hydrogen) atoms. The van der Waals surface area contributed by atoms with Gasteiger partial charge in [0.25, 0.3) is 0 Å². The van der Waals surface area contributed by atoms with Gasteiger partial charge in [0.1, 0.15) is 5.82 Å². The van der Waals surface area contributed by atoms with Gasteiger partial charge in [-0.1, -0.05) is 25.5 Å². The van der Waals surface area contributed by atoms with E-state index in [1.807, 2.05) is 6.92 Å². The van der Waals surface area contributed by atoms with Crippen molar-refractivity contribution in [2.75, 3.05) is 11.5 Å². The molecule has 1 aromatic carbocycles. The lowest BCUT2D eigenvalue weighted by Gasteiger charge is -2.12. The van der Waals surface area contributed by atoms with Crippen molar-refractivity contribution in [3.8, 4) is 0 Å². The van der Waals surface area contributed by atoms with Gasteiger partial charge >= 0.3 is 0 Å². The molecule has 0 saturated heterocycles. The Morgan fingerprint density at radius 1 is 1.29 bits per heavy atom. The van der Waals surface area contributed by atoms with Crippen molar-refractivity contribution in [2.45, 2.75) is 25.8 Å². The van der Waals surface area contributed by atoms with Gasteiger partial charge in [-0.05, 0) is 24.1 Å². The molecule has 0 saturated carbocycles. The fraction of sp³-hybridized carbons (Fsp3) is 0.500. The molecule has 1 unspecified atom stereocenters. The van der Waals surface area contributed by atoms with Gasteiger partial charge in [0.05, 0.1) is 11.5 Å². The van der Waals surface area contributed by atoms with Gasteiger partial charge in [-0.25, -0.2) is 12.8 Å². The zero-order valence-electron chi connectivity index (χ0n) is 9.90. The summed E-state index contributed by atoms with van der Waals surface area (Å²) in [4.78, 5) is 0. The summed E-state index contributed by atoms with van der Waals surface area (Å²) >= 11 is 0. The number of nitrogens with two attached hydrogens (primary N) is 1. The Morgan fingerprint density at radius 2 is 1.88 bits per heavy atom. The molecule has 0 radical (unpaired) electrons. The van der Waals surface area contributed by atoms with E-state index in [-0.39, 0.29) is 17.3 Å². The highest BCUT2D eigenvalue weighted by molar-refractivity contribution is 7.91. The molecule has 0 aromatic heterocycles. The van der Waals surface area contributed by atoms with E-state index < -0.39 is 15.9 Å². The summed E-state index contributed by atoms with van der Waals surface area (Å²) in [5.41, 5.74) is 6.45. The van der Waals surface area contributed by atoms with E-state index in [2.05, 4.69) is 0 Å². The lowest BCUT2D eigenvalue weighted by Crippen LogP contribution is -2.23. The largest absolute Gasteiger partial charge is 0.323 e. The Hall–Kier alpha value is -0.940. The minimum atomic E-state index is -3.12. The Labute approximate surface area is 102 Å². The molecule has 0 aliphatic heterocycles. The van der Waals surface area contributed by atoms with E-state index in [9.17, 15) is 12.8 Å². The maximum absolute atomic E-state index is 12.7. The highest BCUT2D eigenvalue weighted by atomic mass is 32.2. The molecule has 5 heteroatoms. The third-order valence-electron chi connectivity index (χ3n) is 2.54. The molecular formula is C12H18FNO2S. The maximum Gasteiger partial charge on any atom is 0.152 e. The summed E-state index contributed by atoms with van der Waals surface area (Å²) in [5.74, 6) is -0.272. The third-order valence-corrected chi connectivity index (χ3v) is 4.32. The number of hydrogen-bond acceptors (Lipinski definition) is 3. The first-order valence-electron chi connectivity index (χ1n) is 5.66. The second-order valence-corrected chi connectivity index (χ2v) is 6.35. The van der Waals surface area contributed by atoms with Crippen molar-refractivity contribution >= 4 is 9.84 Å². The molecule has 2 N–H and O–H groups in total. The lowest BCUT2D eigenvalue weighted by molar-refractivity contribution is 0.585. The predicted octanol–water partition coefficient (Wildman–Crippen LogP) is 2.04. The average molecular weight is 259 g/mol. The summed E-state index contributed by atoms with van der Waals surface area (Å²) in [6, 6.07) is 5.03. The molecule has 1 aromatic rings. The van der Waals surface area contributed by atoms with Crippen molar-refractivity contribution in [3.63, 3.8) is 0 Å². The van der Waals surface area contributed by atoms with E-state index in [0.717, 1.165) is 6.42 Å². The van der Waals surface area contributed by atoms with Crippen LogP contribution < -0.4 is 5.73 Å². The monoisotopic (exact) mass is 259 g/mol. The normalized spacial score (nSPS) is 13.6. The van der Waals surface area contributed by atoms with Gasteiger partial charge in [-0.3, -0.25) is 0 Å². The summed E-state index contributed by atoms with van der Waals surface area (Å²) in [7, 11) is -3.12. The summed E-state index contributed by atoms with van der Waals surface area (Å²) in [6.07, 6.45) is 1.49. The first-order valence-corrected chi connectivity index (χ1v) is 7.48. The Balaban J connectivity index is 2.65. The highest BCUT2D eigenvalue weighted by Gasteiger charge is 2.17. The van der Waals surface area contributed by atoms with Gasteiger partial charge in [0.2, 0.25) is 0 Å². The van der Waals surface area contributed by atoms with Gasteiger partial charge < -0.3 is 5.73 Å². The molecule has 0 aliphatic carbocycles. The first kappa shape index (κ1) is 14.1. The first-order chi connectivity index (χ1) is 7.94. The van der Waals surface area contributed by atoms with Crippen LogP contribution in [-0.4, -0.2) is 19.9 Å². The fourth-order valence-electron chi connectivity index (χ4n) is 1.53. The van der Waals surface area contributed by atoms with Gasteiger partial charge in [-0.15, -0.1) is 0 Å². The van der Waals surface area contributed by atoms with Crippen LogP contribution in [0.1, 0.15) is 31.4 Å². The van der Waals surface area contributed by atoms with Crippen LogP contribution in [0.25, 0.3) is 0 Å². The molecule has 1 atom stereocenters. The number of hydrogen-bond donors (Lipinski definition) is 1. The fourth-order valence-corrected chi connectivity index (χ4v) is 3.16. The quantitative estimate of drug-likeness (QED) is 0.850. The van der Waals surface area contributed by atoms with Crippen LogP contribution in [0.3, 0.4) is 0 Å². The van der Waals surface area contributed by atoms with Crippen molar-refractivity contribution in [1.29, 1.82) is 0 Å². The zero-order valence-corrected chi connectivity index (χ0v) is 10.7. The number of halogens is 1. The van der Waals surface area contributed by atoms with Crippen LogP contribution in [0.2, 0.25) is 0 Å². The van der Waals surface area contributed by atoms with Crippen molar-refractivity contribution in [2.24, 2.45) is 5.73 Å². The molecule has 0 amide bonds. The standard InChI is InChI=1S/C12H18FNO2S/c1-2-3-8-17(15,16)9-12(14)10-4-6-11(13)7-5-10/h4-7,12H,2-3,8-9,14H2,1H3. The molecule has 3 nitrogen and oxygen atoms in total. The SMILES string of the molecule is CCCCS(=O)(=O)CC(N)c1ccc(F)cc1. The van der Waals surface area contributed by atoms with Gasteiger partial charge in [-0.2, -0.15) is 0 Å². The van der Waals surface area contributed by atoms with Crippen LogP contribution >= 0.6 is 0 Å². The number of sulfone groups is 1. The van der Waals surface area contributed by atoms with Crippen LogP contribution in [0.4, 0.5) is 4.39 Å². The van der Waals surface area contributed by atoms with Crippen LogP contribution in [0.15, 0.2) is 24.3 Å². The maximum atomic E-state index is 12.7. The third kappa shape index (κ3) is 4.83. The number of benzene rings is 1. The van der Waals surface area contributed by atoms with Crippen molar-refractivity contribution in [1.82, 2.24) is 0 Å². The van der Waals surface area contributed by atoms with E-state index >= 15 is 0 Å². The van der Waals surface area contributed by atoms with E-state index in [4.69, 9.17) is 5.73 Å². The predicted molar refractivity (Wildman–Crippen MR) is 66.9 cm³/mol. The molecule has 0 heterocycles. The molecule has 0 aliphatic rings. The van der Waals surface area contributed by atoms with Crippen molar-refractivity contribution < 1.29 is 12.8 Å². The molecule has 1 rings (SSSR count). The van der Waals surface area contributed by atoms with Crippen LogP contribution in [0.5, 0.6) is 0 Å². The summed E-state index contributed by atoms with van der Waals surface area (Å²) in [5, 5.41) is 0. The van der Waals surface area contributed by atoms with E-state index in [1.165, 1.54) is 24.3 Å². The Kier molecular flexibility index (Phi) is 5.08. The summed E-state index contributed by atoms with van der Waals surface area (Å²) < 4.78 is 36.1. The number of rotatable bonds is 6. The Bertz CT molecular complexity index is 442. The van der Waals surface area contributed by atoms with Crippen LogP contribution in [-0.2, 0) is 9.84 Å². The molecule has 0 fully saturated rings. The van der Waals surface area contributed by atoms with Crippen LogP contribution in [0, 0.1) is 5.82 Å².